The van der Waals surface area contributed by atoms with E-state index in [2.05, 4.69) is 10.6 Å². The molecular weight excluding hydrogens is 287 g/mol. The van der Waals surface area contributed by atoms with Gasteiger partial charge in [-0.2, -0.15) is 0 Å². The number of methoxy groups -OCH3 is 2. The van der Waals surface area contributed by atoms with Crippen LogP contribution in [0.4, 0.5) is 4.39 Å². The first-order valence-electron chi connectivity index (χ1n) is 7.42. The Labute approximate surface area is 130 Å². The summed E-state index contributed by atoms with van der Waals surface area (Å²) in [5.41, 5.74) is -0.153. The van der Waals surface area contributed by atoms with E-state index in [1.54, 1.807) is 13.2 Å². The first kappa shape index (κ1) is 16.7. The van der Waals surface area contributed by atoms with Gasteiger partial charge in [-0.15, -0.1) is 0 Å². The summed E-state index contributed by atoms with van der Waals surface area (Å²) in [6.07, 6.45) is 1.82. The Balaban J connectivity index is 2.08. The maximum Gasteiger partial charge on any atom is 0.258 e. The van der Waals surface area contributed by atoms with Gasteiger partial charge < -0.3 is 20.1 Å². The van der Waals surface area contributed by atoms with E-state index < -0.39 is 11.7 Å². The number of amides is 1. The van der Waals surface area contributed by atoms with Gasteiger partial charge in [-0.3, -0.25) is 4.79 Å². The first-order chi connectivity index (χ1) is 10.6. The Hall–Kier alpha value is -1.66. The summed E-state index contributed by atoms with van der Waals surface area (Å²) in [4.78, 5) is 12.3. The second-order valence-corrected chi connectivity index (χ2v) is 5.68. The van der Waals surface area contributed by atoms with E-state index in [-0.39, 0.29) is 16.7 Å². The van der Waals surface area contributed by atoms with Crippen molar-refractivity contribution in [2.24, 2.45) is 5.41 Å². The van der Waals surface area contributed by atoms with Crippen molar-refractivity contribution >= 4 is 5.91 Å². The zero-order chi connectivity index (χ0) is 16.0. The third-order valence-electron chi connectivity index (χ3n) is 4.16. The van der Waals surface area contributed by atoms with Crippen LogP contribution in [0.3, 0.4) is 0 Å². The second-order valence-electron chi connectivity index (χ2n) is 5.68. The summed E-state index contributed by atoms with van der Waals surface area (Å²) in [5, 5.41) is 6.14. The molecule has 0 saturated carbocycles. The Morgan fingerprint density at radius 1 is 1.36 bits per heavy atom. The Morgan fingerprint density at radius 2 is 2.09 bits per heavy atom. The van der Waals surface area contributed by atoms with Crippen LogP contribution in [0, 0.1) is 11.2 Å². The van der Waals surface area contributed by atoms with Crippen LogP contribution in [0.15, 0.2) is 18.2 Å². The number of ether oxygens (including phenoxy) is 2. The molecule has 0 radical (unpaired) electrons. The zero-order valence-electron chi connectivity index (χ0n) is 13.1. The summed E-state index contributed by atoms with van der Waals surface area (Å²) >= 11 is 0. The minimum atomic E-state index is -0.581. The van der Waals surface area contributed by atoms with Crippen molar-refractivity contribution in [3.8, 4) is 5.75 Å². The van der Waals surface area contributed by atoms with E-state index in [0.29, 0.717) is 13.2 Å². The Bertz CT molecular complexity index is 511. The van der Waals surface area contributed by atoms with Gasteiger partial charge in [0.2, 0.25) is 0 Å². The molecule has 5 nitrogen and oxygen atoms in total. The highest BCUT2D eigenvalue weighted by Gasteiger charge is 2.33. The lowest BCUT2D eigenvalue weighted by Gasteiger charge is -2.37. The molecule has 122 valence electrons. The molecule has 0 aliphatic carbocycles. The first-order valence-corrected chi connectivity index (χ1v) is 7.42. The predicted molar refractivity (Wildman–Crippen MR) is 81.7 cm³/mol. The maximum absolute atomic E-state index is 13.9. The minimum Gasteiger partial charge on any atom is -0.496 e. The summed E-state index contributed by atoms with van der Waals surface area (Å²) in [6.45, 7) is 2.81. The standard InChI is InChI=1S/C16H23FN2O3/c1-21-11-16(6-8-18-9-7-16)10-19-15(20)14-12(17)4-3-5-13(14)22-2/h3-5,18H,6-11H2,1-2H3,(H,19,20). The van der Waals surface area contributed by atoms with Crippen molar-refractivity contribution in [3.05, 3.63) is 29.6 Å². The highest BCUT2D eigenvalue weighted by atomic mass is 19.1. The molecule has 1 aliphatic heterocycles. The Morgan fingerprint density at radius 3 is 2.73 bits per heavy atom. The zero-order valence-corrected chi connectivity index (χ0v) is 13.1. The van der Waals surface area contributed by atoms with Crippen molar-refractivity contribution < 1.29 is 18.7 Å². The quantitative estimate of drug-likeness (QED) is 0.837. The SMILES string of the molecule is COCC1(CNC(=O)c2c(F)cccc2OC)CCNCC1. The van der Waals surface area contributed by atoms with Crippen LogP contribution in [-0.4, -0.2) is 46.4 Å². The number of hydrogen-bond donors (Lipinski definition) is 2. The summed E-state index contributed by atoms with van der Waals surface area (Å²) in [7, 11) is 3.08. The molecule has 0 bridgehead atoms. The topological polar surface area (TPSA) is 59.6 Å². The number of nitrogens with one attached hydrogen (secondary N) is 2. The van der Waals surface area contributed by atoms with E-state index in [1.807, 2.05) is 0 Å². The van der Waals surface area contributed by atoms with Gasteiger partial charge in [0.15, 0.2) is 0 Å². The molecule has 1 fully saturated rings. The molecule has 2 rings (SSSR count). The van der Waals surface area contributed by atoms with Crippen LogP contribution in [-0.2, 0) is 4.74 Å². The number of carbonyl (C=O) groups is 1. The van der Waals surface area contributed by atoms with Gasteiger partial charge in [0, 0.05) is 19.1 Å². The summed E-state index contributed by atoms with van der Waals surface area (Å²) < 4.78 is 24.3. The minimum absolute atomic E-state index is 0.0495. The van der Waals surface area contributed by atoms with Crippen molar-refractivity contribution in [2.45, 2.75) is 12.8 Å². The van der Waals surface area contributed by atoms with Crippen LogP contribution >= 0.6 is 0 Å². The molecule has 0 atom stereocenters. The molecule has 1 aliphatic rings. The molecule has 1 aromatic carbocycles. The summed E-state index contributed by atoms with van der Waals surface area (Å²) in [5.74, 6) is -0.796. The van der Waals surface area contributed by atoms with E-state index in [4.69, 9.17) is 9.47 Å². The van der Waals surface area contributed by atoms with Crippen molar-refractivity contribution in [1.29, 1.82) is 0 Å². The monoisotopic (exact) mass is 310 g/mol. The molecule has 1 heterocycles. The third kappa shape index (κ3) is 3.75. The fourth-order valence-electron chi connectivity index (χ4n) is 2.89. The van der Waals surface area contributed by atoms with Crippen LogP contribution in [0.1, 0.15) is 23.2 Å². The largest absolute Gasteiger partial charge is 0.496 e. The molecule has 2 N–H and O–H groups in total. The third-order valence-corrected chi connectivity index (χ3v) is 4.16. The predicted octanol–water partition coefficient (Wildman–Crippen LogP) is 1.58. The average molecular weight is 310 g/mol. The molecule has 1 saturated heterocycles. The number of hydrogen-bond acceptors (Lipinski definition) is 4. The van der Waals surface area contributed by atoms with Crippen LogP contribution in [0.25, 0.3) is 0 Å². The average Bonchev–Trinajstić information content (AvgIpc) is 2.53. The smallest absolute Gasteiger partial charge is 0.258 e. The van der Waals surface area contributed by atoms with E-state index >= 15 is 0 Å². The molecular formula is C16H23FN2O3. The molecule has 6 heteroatoms. The number of benzene rings is 1. The van der Waals surface area contributed by atoms with E-state index in [0.717, 1.165) is 25.9 Å². The van der Waals surface area contributed by atoms with Gasteiger partial charge in [-0.05, 0) is 38.1 Å². The summed E-state index contributed by atoms with van der Waals surface area (Å²) in [6, 6.07) is 4.35. The second kappa shape index (κ2) is 7.56. The van der Waals surface area contributed by atoms with Crippen molar-refractivity contribution in [1.82, 2.24) is 10.6 Å². The number of rotatable bonds is 6. The van der Waals surface area contributed by atoms with Gasteiger partial charge in [0.25, 0.3) is 5.91 Å². The van der Waals surface area contributed by atoms with Gasteiger partial charge in [0.05, 0.1) is 13.7 Å². The maximum atomic E-state index is 13.9. The van der Waals surface area contributed by atoms with Gasteiger partial charge in [-0.1, -0.05) is 6.07 Å². The number of carbonyl (C=O) groups excluding carboxylic acids is 1. The van der Waals surface area contributed by atoms with Gasteiger partial charge in [0.1, 0.15) is 17.1 Å². The van der Waals surface area contributed by atoms with E-state index in [9.17, 15) is 9.18 Å². The highest BCUT2D eigenvalue weighted by Crippen LogP contribution is 2.29. The fraction of sp³-hybridized carbons (Fsp3) is 0.562. The number of piperidine rings is 1. The van der Waals surface area contributed by atoms with Crippen LogP contribution in [0.5, 0.6) is 5.75 Å². The van der Waals surface area contributed by atoms with Crippen molar-refractivity contribution in [3.63, 3.8) is 0 Å². The normalized spacial score (nSPS) is 17.0. The van der Waals surface area contributed by atoms with E-state index in [1.165, 1.54) is 19.2 Å². The fourth-order valence-corrected chi connectivity index (χ4v) is 2.89. The molecule has 0 unspecified atom stereocenters. The van der Waals surface area contributed by atoms with Crippen LogP contribution in [0.2, 0.25) is 0 Å². The lowest BCUT2D eigenvalue weighted by atomic mass is 9.79. The molecule has 0 spiro atoms. The highest BCUT2D eigenvalue weighted by molar-refractivity contribution is 5.97. The number of halogens is 1. The lowest BCUT2D eigenvalue weighted by Crippen LogP contribution is -2.47. The lowest BCUT2D eigenvalue weighted by molar-refractivity contribution is 0.0510. The molecule has 22 heavy (non-hydrogen) atoms. The molecule has 0 aromatic heterocycles. The molecule has 1 aromatic rings. The van der Waals surface area contributed by atoms with Crippen LogP contribution < -0.4 is 15.4 Å². The van der Waals surface area contributed by atoms with Gasteiger partial charge in [-0.25, -0.2) is 4.39 Å². The van der Waals surface area contributed by atoms with Gasteiger partial charge >= 0.3 is 0 Å². The Kier molecular flexibility index (Phi) is 5.74. The molecule has 1 amide bonds. The van der Waals surface area contributed by atoms with Crippen molar-refractivity contribution in [2.75, 3.05) is 40.5 Å².